The molecule has 3 rings (SSSR count). The molecule has 0 spiro atoms. The molecule has 1 aromatic heterocycles. The van der Waals surface area contributed by atoms with Gasteiger partial charge in [-0.3, -0.25) is 4.79 Å². The molecule has 2 saturated carbocycles. The van der Waals surface area contributed by atoms with Crippen LogP contribution in [0.3, 0.4) is 0 Å². The van der Waals surface area contributed by atoms with Gasteiger partial charge in [-0.05, 0) is 37.0 Å². The Balaban J connectivity index is 1.53. The van der Waals surface area contributed by atoms with Crippen LogP contribution in [0.2, 0.25) is 0 Å². The average molecular weight is 291 g/mol. The summed E-state index contributed by atoms with van der Waals surface area (Å²) in [6.07, 6.45) is 8.72. The van der Waals surface area contributed by atoms with Crippen molar-refractivity contribution in [2.24, 2.45) is 17.8 Å². The molecular formula is C15H21N3O3. The Labute approximate surface area is 123 Å². The van der Waals surface area contributed by atoms with Crippen LogP contribution in [0.15, 0.2) is 12.5 Å². The van der Waals surface area contributed by atoms with Crippen molar-refractivity contribution in [3.8, 4) is 0 Å². The smallest absolute Gasteiger partial charge is 0.326 e. The summed E-state index contributed by atoms with van der Waals surface area (Å²) in [5, 5.41) is 11.9. The maximum absolute atomic E-state index is 12.1. The van der Waals surface area contributed by atoms with Crippen LogP contribution in [0.25, 0.3) is 0 Å². The van der Waals surface area contributed by atoms with Crippen molar-refractivity contribution in [1.29, 1.82) is 0 Å². The number of nitrogens with zero attached hydrogens (tertiary/aromatic N) is 1. The lowest BCUT2D eigenvalue weighted by Crippen LogP contribution is -2.43. The molecule has 2 aliphatic rings. The predicted octanol–water partition coefficient (Wildman–Crippen LogP) is 1.35. The van der Waals surface area contributed by atoms with E-state index in [1.165, 1.54) is 25.6 Å². The number of aliphatic carboxylic acids is 1. The highest BCUT2D eigenvalue weighted by atomic mass is 16.4. The molecule has 4 atom stereocenters. The minimum Gasteiger partial charge on any atom is -0.480 e. The van der Waals surface area contributed by atoms with Crippen LogP contribution in [0.1, 0.15) is 37.8 Å². The van der Waals surface area contributed by atoms with Crippen molar-refractivity contribution >= 4 is 11.9 Å². The quantitative estimate of drug-likeness (QED) is 0.737. The summed E-state index contributed by atoms with van der Waals surface area (Å²) in [7, 11) is 0. The number of rotatable bonds is 6. The maximum atomic E-state index is 12.1. The van der Waals surface area contributed by atoms with Crippen LogP contribution < -0.4 is 5.32 Å². The molecule has 6 heteroatoms. The van der Waals surface area contributed by atoms with Crippen molar-refractivity contribution in [2.75, 3.05) is 0 Å². The molecule has 0 aromatic carbocycles. The van der Waals surface area contributed by atoms with E-state index >= 15 is 0 Å². The minimum absolute atomic E-state index is 0.139. The first-order valence-electron chi connectivity index (χ1n) is 7.61. The van der Waals surface area contributed by atoms with Crippen molar-refractivity contribution in [3.05, 3.63) is 18.2 Å². The topological polar surface area (TPSA) is 95.1 Å². The lowest BCUT2D eigenvalue weighted by Gasteiger charge is -2.22. The van der Waals surface area contributed by atoms with Crippen LogP contribution in [0.5, 0.6) is 0 Å². The summed E-state index contributed by atoms with van der Waals surface area (Å²) in [5.41, 5.74) is 0.711. The number of carbonyl (C=O) groups is 2. The fraction of sp³-hybridized carbons (Fsp3) is 0.667. The van der Waals surface area contributed by atoms with Gasteiger partial charge in [0.25, 0.3) is 0 Å². The third kappa shape index (κ3) is 3.25. The Morgan fingerprint density at radius 1 is 1.43 bits per heavy atom. The summed E-state index contributed by atoms with van der Waals surface area (Å²) in [4.78, 5) is 30.1. The van der Waals surface area contributed by atoms with E-state index in [0.29, 0.717) is 24.0 Å². The molecule has 4 unspecified atom stereocenters. The van der Waals surface area contributed by atoms with Crippen LogP contribution in [0.4, 0.5) is 0 Å². The fourth-order valence-electron chi connectivity index (χ4n) is 3.93. The van der Waals surface area contributed by atoms with Gasteiger partial charge in [-0.15, -0.1) is 0 Å². The second-order valence-corrected chi connectivity index (χ2v) is 6.38. The first-order chi connectivity index (χ1) is 10.1. The maximum Gasteiger partial charge on any atom is 0.326 e. The molecule has 2 aliphatic carbocycles. The highest BCUT2D eigenvalue weighted by Crippen LogP contribution is 2.49. The van der Waals surface area contributed by atoms with Crippen LogP contribution >= 0.6 is 0 Å². The molecule has 2 bridgehead atoms. The largest absolute Gasteiger partial charge is 0.480 e. The number of carboxylic acid groups (broad SMARTS) is 1. The average Bonchev–Trinajstić information content (AvgIpc) is 3.14. The molecule has 0 aliphatic heterocycles. The van der Waals surface area contributed by atoms with Crippen molar-refractivity contribution < 1.29 is 14.7 Å². The fourth-order valence-corrected chi connectivity index (χ4v) is 3.93. The number of fused-ring (bicyclic) bond motifs is 2. The molecule has 2 fully saturated rings. The zero-order valence-corrected chi connectivity index (χ0v) is 11.9. The second-order valence-electron chi connectivity index (χ2n) is 6.38. The van der Waals surface area contributed by atoms with Gasteiger partial charge in [0, 0.05) is 24.7 Å². The van der Waals surface area contributed by atoms with Crippen LogP contribution in [-0.2, 0) is 16.0 Å². The van der Waals surface area contributed by atoms with Gasteiger partial charge >= 0.3 is 5.97 Å². The highest BCUT2D eigenvalue weighted by molar-refractivity contribution is 5.83. The number of hydrogen-bond acceptors (Lipinski definition) is 3. The summed E-state index contributed by atoms with van der Waals surface area (Å²) in [6, 6.07) is -0.892. The van der Waals surface area contributed by atoms with E-state index in [1.54, 1.807) is 6.20 Å². The molecule has 1 amide bonds. The number of carboxylic acids is 1. The summed E-state index contributed by atoms with van der Waals surface area (Å²) in [5.74, 6) is 0.778. The van der Waals surface area contributed by atoms with Gasteiger partial charge in [0.05, 0.1) is 6.33 Å². The Kier molecular flexibility index (Phi) is 3.94. The molecule has 1 heterocycles. The van der Waals surface area contributed by atoms with Gasteiger partial charge in [0.2, 0.25) is 5.91 Å². The molecule has 0 saturated heterocycles. The standard InChI is InChI=1S/C15H21N3O3/c19-14(5-11-4-9-1-2-10(11)3-9)18-13(15(20)21)6-12-7-16-8-17-12/h7-11,13H,1-6H2,(H,16,17)(H,18,19)(H,20,21). The van der Waals surface area contributed by atoms with Crippen molar-refractivity contribution in [3.63, 3.8) is 0 Å². The summed E-state index contributed by atoms with van der Waals surface area (Å²) < 4.78 is 0. The molecule has 114 valence electrons. The number of aromatic amines is 1. The van der Waals surface area contributed by atoms with E-state index in [2.05, 4.69) is 15.3 Å². The third-order valence-electron chi connectivity index (χ3n) is 4.94. The Bertz CT molecular complexity index is 514. The summed E-state index contributed by atoms with van der Waals surface area (Å²) >= 11 is 0. The number of aromatic nitrogens is 2. The van der Waals surface area contributed by atoms with E-state index in [0.717, 1.165) is 12.3 Å². The molecule has 3 N–H and O–H groups in total. The monoisotopic (exact) mass is 291 g/mol. The van der Waals surface area contributed by atoms with Gasteiger partial charge in [-0.2, -0.15) is 0 Å². The summed E-state index contributed by atoms with van der Waals surface area (Å²) in [6.45, 7) is 0. The zero-order chi connectivity index (χ0) is 14.8. The molecule has 6 nitrogen and oxygen atoms in total. The Morgan fingerprint density at radius 2 is 2.29 bits per heavy atom. The van der Waals surface area contributed by atoms with E-state index in [-0.39, 0.29) is 12.3 Å². The van der Waals surface area contributed by atoms with E-state index in [1.807, 2.05) is 0 Å². The lowest BCUT2D eigenvalue weighted by atomic mass is 9.86. The Morgan fingerprint density at radius 3 is 2.86 bits per heavy atom. The second kappa shape index (κ2) is 5.87. The van der Waals surface area contributed by atoms with Gasteiger partial charge in [0.1, 0.15) is 6.04 Å². The zero-order valence-electron chi connectivity index (χ0n) is 11.9. The van der Waals surface area contributed by atoms with Gasteiger partial charge in [-0.1, -0.05) is 6.42 Å². The SMILES string of the molecule is O=C(CC1CC2CCC1C2)NC(Cc1cnc[nH]1)C(=O)O. The van der Waals surface area contributed by atoms with Crippen molar-refractivity contribution in [2.45, 2.75) is 44.6 Å². The first-order valence-corrected chi connectivity index (χ1v) is 7.61. The number of nitrogens with one attached hydrogen (secondary N) is 2. The number of imidazole rings is 1. The van der Waals surface area contributed by atoms with Crippen LogP contribution in [0, 0.1) is 17.8 Å². The van der Waals surface area contributed by atoms with Gasteiger partial charge in [-0.25, -0.2) is 9.78 Å². The molecule has 1 aromatic rings. The number of H-pyrrole nitrogens is 1. The molecule has 0 radical (unpaired) electrons. The Hall–Kier alpha value is -1.85. The third-order valence-corrected chi connectivity index (χ3v) is 4.94. The lowest BCUT2D eigenvalue weighted by molar-refractivity contribution is -0.142. The number of carbonyl (C=O) groups excluding carboxylic acids is 1. The first kappa shape index (κ1) is 14.1. The molecular weight excluding hydrogens is 270 g/mol. The number of hydrogen-bond donors (Lipinski definition) is 3. The van der Waals surface area contributed by atoms with Gasteiger partial charge in [0.15, 0.2) is 0 Å². The van der Waals surface area contributed by atoms with E-state index in [4.69, 9.17) is 0 Å². The van der Waals surface area contributed by atoms with E-state index < -0.39 is 12.0 Å². The predicted molar refractivity (Wildman–Crippen MR) is 75.4 cm³/mol. The van der Waals surface area contributed by atoms with Crippen molar-refractivity contribution in [1.82, 2.24) is 15.3 Å². The minimum atomic E-state index is -1.01. The normalized spacial score (nSPS) is 28.5. The highest BCUT2D eigenvalue weighted by Gasteiger charge is 2.40. The van der Waals surface area contributed by atoms with Gasteiger partial charge < -0.3 is 15.4 Å². The van der Waals surface area contributed by atoms with E-state index in [9.17, 15) is 14.7 Å². The molecule has 21 heavy (non-hydrogen) atoms. The van der Waals surface area contributed by atoms with Crippen LogP contribution in [-0.4, -0.2) is 33.0 Å². The number of amides is 1.